The molecule has 2 rings (SSSR count). The van der Waals surface area contributed by atoms with Crippen LogP contribution in [0, 0.1) is 3.57 Å². The largest absolute Gasteiger partial charge is 0.478 e. The topological polar surface area (TPSA) is 83.5 Å². The summed E-state index contributed by atoms with van der Waals surface area (Å²) in [6, 6.07) is 10.1. The first kappa shape index (κ1) is 16.1. The van der Waals surface area contributed by atoms with Crippen LogP contribution in [0.2, 0.25) is 5.02 Å². The van der Waals surface area contributed by atoms with Gasteiger partial charge in [0.15, 0.2) is 0 Å². The molecule has 0 amide bonds. The quantitative estimate of drug-likeness (QED) is 0.718. The van der Waals surface area contributed by atoms with Gasteiger partial charge in [0.2, 0.25) is 0 Å². The molecule has 5 nitrogen and oxygen atoms in total. The first-order valence-electron chi connectivity index (χ1n) is 5.61. The minimum atomic E-state index is -3.86. The maximum Gasteiger partial charge on any atom is 0.337 e. The van der Waals surface area contributed by atoms with E-state index in [1.807, 2.05) is 0 Å². The van der Waals surface area contributed by atoms with Gasteiger partial charge in [-0.25, -0.2) is 13.2 Å². The zero-order valence-corrected chi connectivity index (χ0v) is 14.1. The maximum atomic E-state index is 12.2. The Morgan fingerprint density at radius 2 is 1.76 bits per heavy atom. The van der Waals surface area contributed by atoms with E-state index in [-0.39, 0.29) is 21.2 Å². The predicted molar refractivity (Wildman–Crippen MR) is 88.4 cm³/mol. The SMILES string of the molecule is O=C(O)c1cc(Cl)ccc1NS(=O)(=O)c1ccc(I)cc1. The Morgan fingerprint density at radius 1 is 1.14 bits per heavy atom. The summed E-state index contributed by atoms with van der Waals surface area (Å²) in [4.78, 5) is 11.2. The average Bonchev–Trinajstić information content (AvgIpc) is 2.41. The molecule has 0 heterocycles. The molecular formula is C13H9ClINO4S. The Labute approximate surface area is 140 Å². The van der Waals surface area contributed by atoms with Crippen LogP contribution in [0.15, 0.2) is 47.4 Å². The highest BCUT2D eigenvalue weighted by Gasteiger charge is 2.18. The fourth-order valence-electron chi connectivity index (χ4n) is 1.60. The minimum Gasteiger partial charge on any atom is -0.478 e. The molecule has 0 spiro atoms. The highest BCUT2D eigenvalue weighted by atomic mass is 127. The number of rotatable bonds is 4. The molecule has 0 aliphatic carbocycles. The van der Waals surface area contributed by atoms with Crippen LogP contribution < -0.4 is 4.72 Å². The summed E-state index contributed by atoms with van der Waals surface area (Å²) in [6.07, 6.45) is 0. The molecule has 0 aromatic heterocycles. The zero-order valence-electron chi connectivity index (χ0n) is 10.4. The van der Waals surface area contributed by atoms with Gasteiger partial charge < -0.3 is 5.11 Å². The van der Waals surface area contributed by atoms with E-state index in [2.05, 4.69) is 27.3 Å². The van der Waals surface area contributed by atoms with Gasteiger partial charge in [-0.3, -0.25) is 4.72 Å². The number of aromatic carboxylic acids is 1. The van der Waals surface area contributed by atoms with Crippen molar-refractivity contribution in [3.63, 3.8) is 0 Å². The highest BCUT2D eigenvalue weighted by Crippen LogP contribution is 2.24. The van der Waals surface area contributed by atoms with Crippen molar-refractivity contribution in [2.45, 2.75) is 4.90 Å². The number of anilines is 1. The number of carbonyl (C=O) groups is 1. The molecule has 2 aromatic carbocycles. The highest BCUT2D eigenvalue weighted by molar-refractivity contribution is 14.1. The van der Waals surface area contributed by atoms with Crippen LogP contribution in [0.4, 0.5) is 5.69 Å². The molecule has 0 unspecified atom stereocenters. The van der Waals surface area contributed by atoms with Gasteiger partial charge in [-0.1, -0.05) is 11.6 Å². The lowest BCUT2D eigenvalue weighted by atomic mass is 10.2. The van der Waals surface area contributed by atoms with Crippen LogP contribution in [0.3, 0.4) is 0 Å². The van der Waals surface area contributed by atoms with E-state index in [0.717, 1.165) is 3.57 Å². The standard InChI is InChI=1S/C13H9ClINO4S/c14-8-1-6-12(11(7-8)13(17)18)16-21(19,20)10-4-2-9(15)3-5-10/h1-7,16H,(H,17,18). The Kier molecular flexibility index (Phi) is 4.74. The van der Waals surface area contributed by atoms with Crippen LogP contribution in [0.5, 0.6) is 0 Å². The number of nitrogens with one attached hydrogen (secondary N) is 1. The van der Waals surface area contributed by atoms with Crippen molar-refractivity contribution in [1.29, 1.82) is 0 Å². The van der Waals surface area contributed by atoms with Crippen molar-refractivity contribution in [1.82, 2.24) is 0 Å². The fraction of sp³-hybridized carbons (Fsp3) is 0. The van der Waals surface area contributed by atoms with Crippen LogP contribution >= 0.6 is 34.2 Å². The summed E-state index contributed by atoms with van der Waals surface area (Å²) in [5.74, 6) is -1.27. The summed E-state index contributed by atoms with van der Waals surface area (Å²) in [7, 11) is -3.86. The van der Waals surface area contributed by atoms with Gasteiger partial charge in [0.05, 0.1) is 16.1 Å². The lowest BCUT2D eigenvalue weighted by Crippen LogP contribution is -2.15. The molecule has 0 aliphatic heterocycles. The predicted octanol–water partition coefficient (Wildman–Crippen LogP) is 3.44. The molecule has 2 aromatic rings. The van der Waals surface area contributed by atoms with Gasteiger partial charge in [-0.05, 0) is 65.1 Å². The molecule has 8 heteroatoms. The van der Waals surface area contributed by atoms with E-state index in [1.165, 1.54) is 30.3 Å². The van der Waals surface area contributed by atoms with Crippen LogP contribution in [0.25, 0.3) is 0 Å². The third-order valence-corrected chi connectivity index (χ3v) is 4.92. The molecule has 0 bridgehead atoms. The van der Waals surface area contributed by atoms with Crippen molar-refractivity contribution >= 4 is 55.9 Å². The Morgan fingerprint density at radius 3 is 2.33 bits per heavy atom. The summed E-state index contributed by atoms with van der Waals surface area (Å²) >= 11 is 7.78. The van der Waals surface area contributed by atoms with Crippen LogP contribution in [-0.4, -0.2) is 19.5 Å². The normalized spacial score (nSPS) is 11.1. The van der Waals surface area contributed by atoms with Gasteiger partial charge in [-0.2, -0.15) is 0 Å². The molecule has 0 aliphatic rings. The van der Waals surface area contributed by atoms with Crippen molar-refractivity contribution in [3.05, 3.63) is 56.6 Å². The molecule has 2 N–H and O–H groups in total. The number of sulfonamides is 1. The lowest BCUT2D eigenvalue weighted by molar-refractivity contribution is 0.0698. The second kappa shape index (κ2) is 6.20. The van der Waals surface area contributed by atoms with Crippen molar-refractivity contribution in [3.8, 4) is 0 Å². The molecule has 0 radical (unpaired) electrons. The van der Waals surface area contributed by atoms with Crippen LogP contribution in [-0.2, 0) is 10.0 Å². The third-order valence-electron chi connectivity index (χ3n) is 2.58. The van der Waals surface area contributed by atoms with Gasteiger partial charge in [0, 0.05) is 8.59 Å². The average molecular weight is 438 g/mol. The zero-order chi connectivity index (χ0) is 15.6. The van der Waals surface area contributed by atoms with Gasteiger partial charge in [0.1, 0.15) is 0 Å². The second-order valence-corrected chi connectivity index (χ2v) is 7.42. The summed E-state index contributed by atoms with van der Waals surface area (Å²) in [6.45, 7) is 0. The molecule has 0 saturated heterocycles. The molecular weight excluding hydrogens is 429 g/mol. The van der Waals surface area contributed by atoms with E-state index < -0.39 is 16.0 Å². The summed E-state index contributed by atoms with van der Waals surface area (Å²) in [5.41, 5.74) is -0.248. The first-order valence-corrected chi connectivity index (χ1v) is 8.55. The van der Waals surface area contributed by atoms with E-state index >= 15 is 0 Å². The smallest absolute Gasteiger partial charge is 0.337 e. The minimum absolute atomic E-state index is 0.0366. The Balaban J connectivity index is 2.41. The van der Waals surface area contributed by atoms with Crippen LogP contribution in [0.1, 0.15) is 10.4 Å². The third kappa shape index (κ3) is 3.86. The van der Waals surface area contributed by atoms with E-state index in [1.54, 1.807) is 12.1 Å². The molecule has 0 atom stereocenters. The van der Waals surface area contributed by atoms with E-state index in [9.17, 15) is 13.2 Å². The number of carboxylic acids is 1. The fourth-order valence-corrected chi connectivity index (χ4v) is 3.21. The van der Waals surface area contributed by atoms with Gasteiger partial charge in [-0.15, -0.1) is 0 Å². The Hall–Kier alpha value is -1.32. The monoisotopic (exact) mass is 437 g/mol. The van der Waals surface area contributed by atoms with Gasteiger partial charge in [0.25, 0.3) is 10.0 Å². The molecule has 0 fully saturated rings. The first-order chi connectivity index (χ1) is 9.79. The number of benzene rings is 2. The van der Waals surface area contributed by atoms with Crippen molar-refractivity contribution in [2.24, 2.45) is 0 Å². The Bertz CT molecular complexity index is 790. The number of halogens is 2. The number of hydrogen-bond acceptors (Lipinski definition) is 3. The summed E-state index contributed by atoms with van der Waals surface area (Å²) in [5, 5.41) is 9.31. The lowest BCUT2D eigenvalue weighted by Gasteiger charge is -2.11. The molecule has 0 saturated carbocycles. The molecule has 21 heavy (non-hydrogen) atoms. The van der Waals surface area contributed by atoms with Crippen molar-refractivity contribution in [2.75, 3.05) is 4.72 Å². The van der Waals surface area contributed by atoms with E-state index in [4.69, 9.17) is 16.7 Å². The maximum absolute atomic E-state index is 12.2. The second-order valence-electron chi connectivity index (χ2n) is 4.05. The van der Waals surface area contributed by atoms with E-state index in [0.29, 0.717) is 0 Å². The number of carboxylic acid groups (broad SMARTS) is 1. The van der Waals surface area contributed by atoms with Crippen molar-refractivity contribution < 1.29 is 18.3 Å². The number of hydrogen-bond donors (Lipinski definition) is 2. The summed E-state index contributed by atoms with van der Waals surface area (Å²) < 4.78 is 27.6. The van der Waals surface area contributed by atoms with Gasteiger partial charge >= 0.3 is 5.97 Å². The molecule has 110 valence electrons.